The minimum absolute atomic E-state index is 0.139. The maximum Gasteiger partial charge on any atom is 0.251 e. The largest absolute Gasteiger partial charge is 0.383 e. The van der Waals surface area contributed by atoms with Crippen molar-refractivity contribution in [2.24, 2.45) is 5.92 Å². The molecule has 1 aliphatic carbocycles. The van der Waals surface area contributed by atoms with Gasteiger partial charge in [0.05, 0.1) is 17.6 Å². The van der Waals surface area contributed by atoms with Crippen molar-refractivity contribution in [2.45, 2.75) is 49.5 Å². The molecule has 4 N–H and O–H groups in total. The number of amides is 1. The van der Waals surface area contributed by atoms with Crippen molar-refractivity contribution >= 4 is 51.1 Å². The lowest BCUT2D eigenvalue weighted by molar-refractivity contribution is -0.237. The standard InChI is InChI=1S/C20H26N6O3S2/c1-22-28-29-31-14-7-8-16-15(12-14)18(21)26(25-16)17(11-13-5-3-2-4-6-13)19(27)24-20-23-9-10-30-20/h7-10,12-13,17,22H,2-6,11,21H2,1H3,(H,23,24,27). The summed E-state index contributed by atoms with van der Waals surface area (Å²) in [6.07, 6.45) is 8.31. The van der Waals surface area contributed by atoms with Crippen LogP contribution in [0.3, 0.4) is 0 Å². The molecule has 0 aliphatic heterocycles. The summed E-state index contributed by atoms with van der Waals surface area (Å²) >= 11 is 2.45. The number of anilines is 2. The topological polar surface area (TPSA) is 116 Å². The first-order valence-corrected chi connectivity index (χ1v) is 11.9. The van der Waals surface area contributed by atoms with Gasteiger partial charge in [0.2, 0.25) is 0 Å². The summed E-state index contributed by atoms with van der Waals surface area (Å²) in [6.45, 7) is 0. The molecule has 166 valence electrons. The van der Waals surface area contributed by atoms with E-state index in [9.17, 15) is 4.79 Å². The molecule has 1 fully saturated rings. The Morgan fingerprint density at radius 3 is 2.97 bits per heavy atom. The minimum atomic E-state index is -0.501. The molecule has 4 rings (SSSR count). The Morgan fingerprint density at radius 1 is 1.39 bits per heavy atom. The van der Waals surface area contributed by atoms with Crippen molar-refractivity contribution in [2.75, 3.05) is 18.1 Å². The maximum atomic E-state index is 13.2. The number of hydroxylamine groups is 1. The third kappa shape index (κ3) is 5.36. The lowest BCUT2D eigenvalue weighted by atomic mass is 9.84. The molecule has 1 aliphatic rings. The van der Waals surface area contributed by atoms with Crippen molar-refractivity contribution in [3.05, 3.63) is 29.8 Å². The van der Waals surface area contributed by atoms with Crippen LogP contribution in [0, 0.1) is 5.92 Å². The zero-order valence-electron chi connectivity index (χ0n) is 17.2. The SMILES string of the molecule is CNOOSc1ccc2nn(C(CC3CCCCC3)C(=O)Nc3nccs3)c(N)c2c1. The van der Waals surface area contributed by atoms with Gasteiger partial charge in [-0.3, -0.25) is 4.79 Å². The van der Waals surface area contributed by atoms with Crippen LogP contribution in [0.5, 0.6) is 0 Å². The molecular formula is C20H26N6O3S2. The predicted octanol–water partition coefficient (Wildman–Crippen LogP) is 4.31. The van der Waals surface area contributed by atoms with Gasteiger partial charge in [-0.05, 0) is 30.5 Å². The Labute approximate surface area is 188 Å². The summed E-state index contributed by atoms with van der Waals surface area (Å²) in [5.74, 6) is 0.799. The number of fused-ring (bicyclic) bond motifs is 1. The van der Waals surface area contributed by atoms with Crippen LogP contribution in [0.25, 0.3) is 10.9 Å². The van der Waals surface area contributed by atoms with Gasteiger partial charge in [-0.15, -0.1) is 20.7 Å². The van der Waals surface area contributed by atoms with Gasteiger partial charge in [0.1, 0.15) is 11.9 Å². The van der Waals surface area contributed by atoms with E-state index in [1.54, 1.807) is 17.9 Å². The molecule has 0 radical (unpaired) electrons. The molecule has 31 heavy (non-hydrogen) atoms. The molecular weight excluding hydrogens is 436 g/mol. The van der Waals surface area contributed by atoms with Crippen molar-refractivity contribution in [1.82, 2.24) is 20.2 Å². The van der Waals surface area contributed by atoms with Crippen molar-refractivity contribution in [1.29, 1.82) is 0 Å². The smallest absolute Gasteiger partial charge is 0.251 e. The molecule has 1 aromatic carbocycles. The lowest BCUT2D eigenvalue weighted by Gasteiger charge is -2.26. The van der Waals surface area contributed by atoms with E-state index in [-0.39, 0.29) is 5.91 Å². The summed E-state index contributed by atoms with van der Waals surface area (Å²) in [5.41, 5.74) is 9.66. The first-order chi connectivity index (χ1) is 15.2. The number of hydrogen-bond acceptors (Lipinski definition) is 9. The first kappa shape index (κ1) is 22.0. The van der Waals surface area contributed by atoms with E-state index >= 15 is 0 Å². The zero-order chi connectivity index (χ0) is 21.6. The highest BCUT2D eigenvalue weighted by molar-refractivity contribution is 7.94. The fourth-order valence-corrected chi connectivity index (χ4v) is 5.01. The van der Waals surface area contributed by atoms with E-state index in [1.165, 1.54) is 30.6 Å². The summed E-state index contributed by atoms with van der Waals surface area (Å²) in [6, 6.07) is 5.12. The number of nitrogen functional groups attached to an aromatic ring is 1. The summed E-state index contributed by atoms with van der Waals surface area (Å²) < 4.78 is 6.65. The molecule has 1 atom stereocenters. The third-order valence-electron chi connectivity index (χ3n) is 5.50. The van der Waals surface area contributed by atoms with E-state index in [0.717, 1.165) is 40.7 Å². The predicted molar refractivity (Wildman–Crippen MR) is 122 cm³/mol. The molecule has 2 heterocycles. The monoisotopic (exact) mass is 462 g/mol. The van der Waals surface area contributed by atoms with Gasteiger partial charge in [-0.1, -0.05) is 32.1 Å². The molecule has 2 aromatic heterocycles. The highest BCUT2D eigenvalue weighted by Gasteiger charge is 2.29. The van der Waals surface area contributed by atoms with Gasteiger partial charge in [0.25, 0.3) is 5.91 Å². The maximum absolute atomic E-state index is 13.2. The fourth-order valence-electron chi connectivity index (χ4n) is 4.01. The summed E-state index contributed by atoms with van der Waals surface area (Å²) in [7, 11) is 1.61. The second-order valence-corrected chi connectivity index (χ2v) is 9.20. The zero-order valence-corrected chi connectivity index (χ0v) is 18.9. The van der Waals surface area contributed by atoms with E-state index < -0.39 is 6.04 Å². The Morgan fingerprint density at radius 2 is 2.23 bits per heavy atom. The van der Waals surface area contributed by atoms with Crippen LogP contribution in [-0.4, -0.2) is 27.7 Å². The van der Waals surface area contributed by atoms with Crippen molar-refractivity contribution < 1.29 is 14.1 Å². The average Bonchev–Trinajstić information content (AvgIpc) is 3.41. The van der Waals surface area contributed by atoms with E-state index in [0.29, 0.717) is 23.3 Å². The molecule has 0 spiro atoms. The summed E-state index contributed by atoms with van der Waals surface area (Å²) in [5, 5.41) is 10.8. The van der Waals surface area contributed by atoms with E-state index in [1.807, 2.05) is 23.6 Å². The second kappa shape index (κ2) is 10.4. The molecule has 1 unspecified atom stereocenters. The molecule has 1 saturated carbocycles. The van der Waals surface area contributed by atoms with Crippen LogP contribution in [0.4, 0.5) is 10.9 Å². The number of nitrogens with zero attached hydrogens (tertiary/aromatic N) is 3. The lowest BCUT2D eigenvalue weighted by Crippen LogP contribution is -2.30. The number of carbonyl (C=O) groups excluding carboxylic acids is 1. The van der Waals surface area contributed by atoms with Crippen LogP contribution in [0.15, 0.2) is 34.7 Å². The fraction of sp³-hybridized carbons (Fsp3) is 0.450. The third-order valence-corrected chi connectivity index (χ3v) is 6.77. The van der Waals surface area contributed by atoms with Crippen LogP contribution >= 0.6 is 23.4 Å². The second-order valence-electron chi connectivity index (χ2n) is 7.53. The number of hydrogen-bond donors (Lipinski definition) is 3. The van der Waals surface area contributed by atoms with Crippen LogP contribution in [0.2, 0.25) is 0 Å². The number of nitrogens with two attached hydrogens (primary N) is 1. The normalized spacial score (nSPS) is 15.9. The van der Waals surface area contributed by atoms with Crippen LogP contribution < -0.4 is 16.5 Å². The summed E-state index contributed by atoms with van der Waals surface area (Å²) in [4.78, 5) is 22.9. The number of carbonyl (C=O) groups is 1. The van der Waals surface area contributed by atoms with Crippen molar-refractivity contribution in [3.63, 3.8) is 0 Å². The van der Waals surface area contributed by atoms with Gasteiger partial charge >= 0.3 is 0 Å². The van der Waals surface area contributed by atoms with E-state index in [4.69, 9.17) is 15.1 Å². The molecule has 0 bridgehead atoms. The highest BCUT2D eigenvalue weighted by atomic mass is 32.2. The Kier molecular flexibility index (Phi) is 7.41. The average molecular weight is 463 g/mol. The number of thiazole rings is 1. The van der Waals surface area contributed by atoms with Crippen LogP contribution in [0.1, 0.15) is 44.6 Å². The molecule has 11 heteroatoms. The number of aromatic nitrogens is 3. The van der Waals surface area contributed by atoms with E-state index in [2.05, 4.69) is 20.9 Å². The quantitative estimate of drug-likeness (QED) is 0.186. The Balaban J connectivity index is 1.62. The molecule has 3 aromatic rings. The molecule has 1 amide bonds. The van der Waals surface area contributed by atoms with Gasteiger partial charge in [-0.2, -0.15) is 10.6 Å². The molecule has 0 saturated heterocycles. The van der Waals surface area contributed by atoms with Crippen LogP contribution in [-0.2, 0) is 14.1 Å². The van der Waals surface area contributed by atoms with Gasteiger partial charge in [0, 0.05) is 28.9 Å². The first-order valence-electron chi connectivity index (χ1n) is 10.3. The number of rotatable bonds is 9. The molecule has 9 nitrogen and oxygen atoms in total. The minimum Gasteiger partial charge on any atom is -0.383 e. The highest BCUT2D eigenvalue weighted by Crippen LogP contribution is 2.35. The number of nitrogens with one attached hydrogen (secondary N) is 2. The Hall–Kier alpha value is -2.18. The van der Waals surface area contributed by atoms with Gasteiger partial charge < -0.3 is 11.1 Å². The number of benzene rings is 1. The van der Waals surface area contributed by atoms with Gasteiger partial charge in [-0.25, -0.2) is 9.67 Å². The van der Waals surface area contributed by atoms with Crippen molar-refractivity contribution in [3.8, 4) is 0 Å². The Bertz CT molecular complexity index is 1000. The van der Waals surface area contributed by atoms with Gasteiger partial charge in [0.15, 0.2) is 5.13 Å².